The summed E-state index contributed by atoms with van der Waals surface area (Å²) in [7, 11) is 1.34. The summed E-state index contributed by atoms with van der Waals surface area (Å²) in [5.74, 6) is -4.70. The summed E-state index contributed by atoms with van der Waals surface area (Å²) in [5, 5.41) is 11.0. The number of para-hydroxylation sites is 1. The monoisotopic (exact) mass is 518 g/mol. The Morgan fingerprint density at radius 3 is 2.31 bits per heavy atom. The van der Waals surface area contributed by atoms with Crippen LogP contribution >= 0.6 is 23.2 Å². The largest absolute Gasteiger partial charge is 0.507 e. The molecule has 0 aromatic heterocycles. The number of carbonyl (C=O) groups excluding carboxylic acids is 4. The van der Waals surface area contributed by atoms with Crippen molar-refractivity contribution in [1.82, 2.24) is 9.80 Å². The first-order valence-corrected chi connectivity index (χ1v) is 12.5. The maximum atomic E-state index is 13.7. The molecule has 9 heteroatoms. The molecular formula is C26H28Cl2N2O5. The molecule has 4 aliphatic rings. The number of phenols is 1. The highest BCUT2D eigenvalue weighted by Crippen LogP contribution is 2.66. The Kier molecular flexibility index (Phi) is 5.09. The van der Waals surface area contributed by atoms with Crippen LogP contribution in [0, 0.1) is 24.7 Å². The number of hydrogen-bond donors (Lipinski definition) is 1. The van der Waals surface area contributed by atoms with E-state index in [-0.39, 0.29) is 24.0 Å². The first kappa shape index (κ1) is 24.3. The molecule has 6 unspecified atom stereocenters. The van der Waals surface area contributed by atoms with E-state index in [2.05, 4.69) is 0 Å². The molecule has 2 saturated heterocycles. The summed E-state index contributed by atoms with van der Waals surface area (Å²) in [6, 6.07) is 5.14. The Morgan fingerprint density at radius 2 is 1.69 bits per heavy atom. The molecule has 4 amide bonds. The van der Waals surface area contributed by atoms with E-state index in [1.807, 2.05) is 26.8 Å². The number of aryl methyl sites for hydroxylation is 1. The minimum atomic E-state index is -1.89. The number of allylic oxidation sites excluding steroid dienone is 2. The second kappa shape index (κ2) is 7.32. The minimum absolute atomic E-state index is 0.0415. The lowest BCUT2D eigenvalue weighted by atomic mass is 9.56. The maximum absolute atomic E-state index is 13.7. The van der Waals surface area contributed by atoms with Crippen molar-refractivity contribution in [2.24, 2.45) is 17.8 Å². The summed E-state index contributed by atoms with van der Waals surface area (Å²) in [6.07, 6.45) is 2.11. The van der Waals surface area contributed by atoms with E-state index in [4.69, 9.17) is 23.2 Å². The molecule has 6 atom stereocenters. The number of likely N-dealkylation sites (tertiary alicyclic amines) is 2. The summed E-state index contributed by atoms with van der Waals surface area (Å²) in [6.45, 7) is 7.16. The summed E-state index contributed by atoms with van der Waals surface area (Å²) in [4.78, 5) is 52.4. The van der Waals surface area contributed by atoms with Crippen LogP contribution in [0.4, 0.5) is 0 Å². The second-order valence-electron chi connectivity index (χ2n) is 11.2. The van der Waals surface area contributed by atoms with E-state index in [1.54, 1.807) is 25.1 Å². The molecule has 0 spiro atoms. The molecule has 35 heavy (non-hydrogen) atoms. The van der Waals surface area contributed by atoms with Crippen molar-refractivity contribution in [3.05, 3.63) is 41.0 Å². The van der Waals surface area contributed by atoms with Crippen molar-refractivity contribution in [2.75, 3.05) is 7.05 Å². The number of alkyl halides is 2. The molecule has 5 rings (SSSR count). The Morgan fingerprint density at radius 1 is 1.03 bits per heavy atom. The van der Waals surface area contributed by atoms with Gasteiger partial charge in [0.15, 0.2) is 9.75 Å². The number of carbonyl (C=O) groups is 4. The average Bonchev–Trinajstić information content (AvgIpc) is 3.11. The number of imide groups is 2. The zero-order valence-corrected chi connectivity index (χ0v) is 21.8. The molecule has 1 saturated carbocycles. The predicted molar refractivity (Wildman–Crippen MR) is 130 cm³/mol. The number of nitrogens with zero attached hydrogens (tertiary/aromatic N) is 2. The van der Waals surface area contributed by atoms with Crippen LogP contribution in [0.15, 0.2) is 29.8 Å². The molecule has 7 nitrogen and oxygen atoms in total. The number of amides is 4. The fourth-order valence-corrected chi connectivity index (χ4v) is 7.68. The smallest absolute Gasteiger partial charge is 0.253 e. The lowest BCUT2D eigenvalue weighted by Crippen LogP contribution is -2.60. The van der Waals surface area contributed by atoms with Crippen LogP contribution in [0.5, 0.6) is 5.75 Å². The van der Waals surface area contributed by atoms with Gasteiger partial charge < -0.3 is 5.11 Å². The first-order valence-electron chi connectivity index (χ1n) is 11.7. The van der Waals surface area contributed by atoms with Gasteiger partial charge in [-0.1, -0.05) is 29.8 Å². The molecule has 1 aromatic carbocycles. The van der Waals surface area contributed by atoms with Gasteiger partial charge in [0, 0.05) is 24.1 Å². The number of fused-ring (bicyclic) bond motifs is 4. The van der Waals surface area contributed by atoms with E-state index in [0.29, 0.717) is 23.1 Å². The van der Waals surface area contributed by atoms with Crippen LogP contribution in [0.3, 0.4) is 0 Å². The van der Waals surface area contributed by atoms with Gasteiger partial charge in [-0.15, -0.1) is 23.2 Å². The molecule has 0 radical (unpaired) electrons. The number of aromatic hydroxyl groups is 1. The predicted octanol–water partition coefficient (Wildman–Crippen LogP) is 3.49. The number of benzene rings is 1. The Hall–Kier alpha value is -2.38. The van der Waals surface area contributed by atoms with Crippen molar-refractivity contribution in [3.8, 4) is 5.75 Å². The van der Waals surface area contributed by atoms with Crippen molar-refractivity contribution in [2.45, 2.75) is 61.7 Å². The van der Waals surface area contributed by atoms with Crippen molar-refractivity contribution in [3.63, 3.8) is 0 Å². The maximum Gasteiger partial charge on any atom is 0.253 e. The van der Waals surface area contributed by atoms with Gasteiger partial charge >= 0.3 is 0 Å². The Bertz CT molecular complexity index is 1240. The number of rotatable bonds is 1. The quantitative estimate of drug-likeness (QED) is 0.348. The molecule has 1 N–H and O–H groups in total. The van der Waals surface area contributed by atoms with Gasteiger partial charge in [-0.3, -0.25) is 29.0 Å². The summed E-state index contributed by atoms with van der Waals surface area (Å²) < 4.78 is 0. The Balaban J connectivity index is 1.75. The van der Waals surface area contributed by atoms with Crippen molar-refractivity contribution < 1.29 is 24.3 Å². The zero-order valence-electron chi connectivity index (χ0n) is 20.3. The highest BCUT2D eigenvalue weighted by molar-refractivity contribution is 6.53. The highest BCUT2D eigenvalue weighted by atomic mass is 35.5. The van der Waals surface area contributed by atoms with Crippen LogP contribution in [0.25, 0.3) is 0 Å². The van der Waals surface area contributed by atoms with Crippen LogP contribution in [-0.2, 0) is 19.2 Å². The van der Waals surface area contributed by atoms with Gasteiger partial charge in [0.1, 0.15) is 5.75 Å². The minimum Gasteiger partial charge on any atom is -0.507 e. The summed E-state index contributed by atoms with van der Waals surface area (Å²) in [5.41, 5.74) is 0.922. The number of halogens is 2. The number of hydrogen-bond acceptors (Lipinski definition) is 5. The fraction of sp³-hybridized carbons (Fsp3) is 0.538. The van der Waals surface area contributed by atoms with Crippen LogP contribution in [0.1, 0.15) is 50.7 Å². The molecule has 2 aliphatic heterocycles. The Labute approximate surface area is 214 Å². The molecule has 2 aliphatic carbocycles. The third-order valence-electron chi connectivity index (χ3n) is 8.27. The van der Waals surface area contributed by atoms with Crippen LogP contribution in [-0.4, -0.2) is 60.9 Å². The lowest BCUT2D eigenvalue weighted by Gasteiger charge is -2.51. The van der Waals surface area contributed by atoms with Gasteiger partial charge in [0.25, 0.3) is 11.8 Å². The van der Waals surface area contributed by atoms with E-state index in [0.717, 1.165) is 4.90 Å². The molecule has 3 fully saturated rings. The lowest BCUT2D eigenvalue weighted by molar-refractivity contribution is -0.146. The average molecular weight is 519 g/mol. The van der Waals surface area contributed by atoms with Gasteiger partial charge in [-0.2, -0.15) is 0 Å². The summed E-state index contributed by atoms with van der Waals surface area (Å²) >= 11 is 14.2. The van der Waals surface area contributed by atoms with Gasteiger partial charge in [-0.25, -0.2) is 0 Å². The zero-order chi connectivity index (χ0) is 25.8. The standard InChI is InChI=1S/C26H28Cl2N2O5/c1-12-7-6-8-15(19(12)31)18-13-9-10-14-17(21(33)30(20(14)32)24(2,3)4)16(13)11-25(27)22(34)29(5)23(35)26(18,25)28/h6-9,14,16-18,31H,10-11H2,1-5H3. The van der Waals surface area contributed by atoms with E-state index in [1.165, 1.54) is 11.9 Å². The molecule has 186 valence electrons. The SMILES string of the molecule is Cc1cccc(C2C3=CCC4C(=O)N(C(C)(C)C)C(=O)C4C3CC3(Cl)C(=O)N(C)C(=O)C23Cl)c1O. The molecule has 1 aromatic rings. The number of phenolic OH excluding ortho intramolecular Hbond substituents is 1. The van der Waals surface area contributed by atoms with Crippen LogP contribution < -0.4 is 0 Å². The third kappa shape index (κ3) is 2.85. The van der Waals surface area contributed by atoms with Gasteiger partial charge in [-0.05, 0) is 52.0 Å². The van der Waals surface area contributed by atoms with Gasteiger partial charge in [0.05, 0.1) is 11.8 Å². The molecule has 2 heterocycles. The van der Waals surface area contributed by atoms with Crippen LogP contribution in [0.2, 0.25) is 0 Å². The second-order valence-corrected chi connectivity index (χ2v) is 12.4. The third-order valence-corrected chi connectivity index (χ3v) is 9.68. The van der Waals surface area contributed by atoms with Crippen molar-refractivity contribution in [1.29, 1.82) is 0 Å². The van der Waals surface area contributed by atoms with E-state index >= 15 is 0 Å². The highest BCUT2D eigenvalue weighted by Gasteiger charge is 2.76. The van der Waals surface area contributed by atoms with E-state index < -0.39 is 50.8 Å². The van der Waals surface area contributed by atoms with E-state index in [9.17, 15) is 24.3 Å². The topological polar surface area (TPSA) is 95.0 Å². The molecule has 0 bridgehead atoms. The van der Waals surface area contributed by atoms with Gasteiger partial charge in [0.2, 0.25) is 11.8 Å². The first-order chi connectivity index (χ1) is 16.2. The normalized spacial score (nSPS) is 36.8. The fourth-order valence-electron chi connectivity index (χ4n) is 6.67. The molecular weight excluding hydrogens is 491 g/mol. The van der Waals surface area contributed by atoms with Crippen molar-refractivity contribution >= 4 is 46.8 Å².